The summed E-state index contributed by atoms with van der Waals surface area (Å²) in [5.41, 5.74) is 1.30. The Labute approximate surface area is 129 Å². The van der Waals surface area contributed by atoms with Crippen LogP contribution in [0.3, 0.4) is 0 Å². The molecule has 1 rings (SSSR count). The number of nitriles is 1. The maximum Gasteiger partial charge on any atom is 0.408 e. The van der Waals surface area contributed by atoms with Crippen LogP contribution in [-0.2, 0) is 16.0 Å². The monoisotopic (exact) mass is 304 g/mol. The first-order chi connectivity index (χ1) is 10.1. The summed E-state index contributed by atoms with van der Waals surface area (Å²) in [7, 11) is 0. The van der Waals surface area contributed by atoms with E-state index in [0.717, 1.165) is 5.56 Å². The van der Waals surface area contributed by atoms with Crippen LogP contribution in [0.15, 0.2) is 18.2 Å². The van der Waals surface area contributed by atoms with E-state index < -0.39 is 23.7 Å². The van der Waals surface area contributed by atoms with Gasteiger partial charge in [0, 0.05) is 6.42 Å². The second-order valence-corrected chi connectivity index (χ2v) is 5.99. The number of carbonyl (C=O) groups is 2. The fourth-order valence-electron chi connectivity index (χ4n) is 1.83. The van der Waals surface area contributed by atoms with E-state index in [-0.39, 0.29) is 6.42 Å². The number of hydrogen-bond acceptors (Lipinski definition) is 4. The van der Waals surface area contributed by atoms with Crippen LogP contribution in [-0.4, -0.2) is 28.8 Å². The van der Waals surface area contributed by atoms with Gasteiger partial charge in [0.1, 0.15) is 11.6 Å². The minimum absolute atomic E-state index is 0.0793. The predicted molar refractivity (Wildman–Crippen MR) is 80.4 cm³/mol. The van der Waals surface area contributed by atoms with E-state index in [2.05, 4.69) is 5.32 Å². The summed E-state index contributed by atoms with van der Waals surface area (Å²) in [5, 5.41) is 20.5. The third-order valence-corrected chi connectivity index (χ3v) is 2.89. The highest BCUT2D eigenvalue weighted by molar-refractivity contribution is 5.80. The molecule has 1 aromatic carbocycles. The van der Waals surface area contributed by atoms with Crippen LogP contribution in [0.4, 0.5) is 4.79 Å². The van der Waals surface area contributed by atoms with Gasteiger partial charge in [-0.25, -0.2) is 9.59 Å². The van der Waals surface area contributed by atoms with Gasteiger partial charge in [0.15, 0.2) is 0 Å². The van der Waals surface area contributed by atoms with Crippen LogP contribution in [0, 0.1) is 18.3 Å². The molecule has 1 aromatic rings. The van der Waals surface area contributed by atoms with E-state index in [1.54, 1.807) is 39.0 Å². The summed E-state index contributed by atoms with van der Waals surface area (Å²) in [6, 6.07) is 5.93. The number of benzene rings is 1. The zero-order valence-corrected chi connectivity index (χ0v) is 13.1. The summed E-state index contributed by atoms with van der Waals surface area (Å²) in [5.74, 6) is -1.16. The fourth-order valence-corrected chi connectivity index (χ4v) is 1.83. The smallest absolute Gasteiger partial charge is 0.408 e. The van der Waals surface area contributed by atoms with Crippen molar-refractivity contribution in [3.63, 3.8) is 0 Å². The first-order valence-corrected chi connectivity index (χ1v) is 6.84. The molecule has 0 aromatic heterocycles. The van der Waals surface area contributed by atoms with Gasteiger partial charge in [0.05, 0.1) is 11.6 Å². The average Bonchev–Trinajstić information content (AvgIpc) is 2.38. The number of hydrogen-bond donors (Lipinski definition) is 2. The molecule has 22 heavy (non-hydrogen) atoms. The van der Waals surface area contributed by atoms with Gasteiger partial charge in [0.2, 0.25) is 0 Å². The molecular formula is C16H20N2O4. The summed E-state index contributed by atoms with van der Waals surface area (Å²) in [6.07, 6.45) is -0.704. The van der Waals surface area contributed by atoms with Crippen molar-refractivity contribution < 1.29 is 19.4 Å². The van der Waals surface area contributed by atoms with Crippen molar-refractivity contribution in [3.05, 3.63) is 34.9 Å². The number of amides is 1. The SMILES string of the molecule is Cc1ccc(C#N)cc1C[C@H](NC(=O)OC(C)(C)C)C(=O)O. The average molecular weight is 304 g/mol. The maximum atomic E-state index is 11.7. The molecule has 0 radical (unpaired) electrons. The molecule has 6 nitrogen and oxygen atoms in total. The second kappa shape index (κ2) is 6.94. The highest BCUT2D eigenvalue weighted by Crippen LogP contribution is 2.14. The van der Waals surface area contributed by atoms with Gasteiger partial charge in [0.25, 0.3) is 0 Å². The Morgan fingerprint density at radius 2 is 2.05 bits per heavy atom. The molecule has 0 aliphatic rings. The van der Waals surface area contributed by atoms with E-state index in [4.69, 9.17) is 10.00 Å². The lowest BCUT2D eigenvalue weighted by Gasteiger charge is -2.22. The van der Waals surface area contributed by atoms with Crippen molar-refractivity contribution in [2.75, 3.05) is 0 Å². The minimum atomic E-state index is -1.16. The van der Waals surface area contributed by atoms with Crippen LogP contribution >= 0.6 is 0 Å². The van der Waals surface area contributed by atoms with Crippen molar-refractivity contribution in [1.29, 1.82) is 5.26 Å². The summed E-state index contributed by atoms with van der Waals surface area (Å²) >= 11 is 0. The number of aliphatic carboxylic acids is 1. The Balaban J connectivity index is 2.88. The zero-order chi connectivity index (χ0) is 16.9. The van der Waals surface area contributed by atoms with Crippen molar-refractivity contribution >= 4 is 12.1 Å². The number of aryl methyl sites for hydroxylation is 1. The van der Waals surface area contributed by atoms with E-state index in [1.165, 1.54) is 0 Å². The summed E-state index contributed by atoms with van der Waals surface area (Å²) in [6.45, 7) is 6.91. The van der Waals surface area contributed by atoms with Crippen molar-refractivity contribution in [1.82, 2.24) is 5.32 Å². The number of nitrogens with one attached hydrogen (secondary N) is 1. The molecule has 0 saturated carbocycles. The lowest BCUT2D eigenvalue weighted by molar-refractivity contribution is -0.139. The summed E-state index contributed by atoms with van der Waals surface area (Å²) in [4.78, 5) is 23.1. The first-order valence-electron chi connectivity index (χ1n) is 6.84. The van der Waals surface area contributed by atoms with Crippen LogP contribution in [0.1, 0.15) is 37.5 Å². The molecule has 1 amide bonds. The van der Waals surface area contributed by atoms with Crippen molar-refractivity contribution in [2.45, 2.75) is 45.8 Å². The van der Waals surface area contributed by atoms with Crippen LogP contribution in [0.2, 0.25) is 0 Å². The first kappa shape index (κ1) is 17.5. The van der Waals surface area contributed by atoms with Gasteiger partial charge in [-0.15, -0.1) is 0 Å². The molecule has 0 bridgehead atoms. The van der Waals surface area contributed by atoms with E-state index in [9.17, 15) is 14.7 Å². The van der Waals surface area contributed by atoms with E-state index in [1.807, 2.05) is 13.0 Å². The molecule has 0 unspecified atom stereocenters. The Morgan fingerprint density at radius 1 is 1.41 bits per heavy atom. The number of carbonyl (C=O) groups excluding carboxylic acids is 1. The highest BCUT2D eigenvalue weighted by Gasteiger charge is 2.24. The lowest BCUT2D eigenvalue weighted by atomic mass is 9.99. The van der Waals surface area contributed by atoms with E-state index in [0.29, 0.717) is 11.1 Å². The summed E-state index contributed by atoms with van der Waals surface area (Å²) < 4.78 is 5.07. The quantitative estimate of drug-likeness (QED) is 0.889. The molecule has 0 fully saturated rings. The minimum Gasteiger partial charge on any atom is -0.480 e. The number of carboxylic acid groups (broad SMARTS) is 1. The molecule has 0 aliphatic heterocycles. The van der Waals surface area contributed by atoms with Gasteiger partial charge >= 0.3 is 12.1 Å². The largest absolute Gasteiger partial charge is 0.480 e. The Kier molecular flexibility index (Phi) is 5.52. The molecule has 0 heterocycles. The molecule has 118 valence electrons. The van der Waals surface area contributed by atoms with Crippen LogP contribution in [0.5, 0.6) is 0 Å². The number of ether oxygens (including phenoxy) is 1. The number of rotatable bonds is 4. The zero-order valence-electron chi connectivity index (χ0n) is 13.1. The molecule has 1 atom stereocenters. The molecular weight excluding hydrogens is 284 g/mol. The molecule has 0 saturated heterocycles. The Hall–Kier alpha value is -2.55. The standard InChI is InChI=1S/C16H20N2O4/c1-10-5-6-11(9-17)7-12(10)8-13(14(19)20)18-15(21)22-16(2,3)4/h5-7,13H,8H2,1-4H3,(H,18,21)(H,19,20)/t13-/m0/s1. The molecule has 6 heteroatoms. The molecule has 0 aliphatic carbocycles. The van der Waals surface area contributed by atoms with Crippen molar-refractivity contribution in [3.8, 4) is 6.07 Å². The normalized spacial score (nSPS) is 12.1. The van der Waals surface area contributed by atoms with Crippen LogP contribution in [0.25, 0.3) is 0 Å². The van der Waals surface area contributed by atoms with Crippen molar-refractivity contribution in [2.24, 2.45) is 0 Å². The van der Waals surface area contributed by atoms with E-state index >= 15 is 0 Å². The molecule has 2 N–H and O–H groups in total. The topological polar surface area (TPSA) is 99.4 Å². The van der Waals surface area contributed by atoms with Crippen LogP contribution < -0.4 is 5.32 Å². The molecule has 0 spiro atoms. The maximum absolute atomic E-state index is 11.7. The Morgan fingerprint density at radius 3 is 2.55 bits per heavy atom. The predicted octanol–water partition coefficient (Wildman–Crippen LogP) is 2.39. The highest BCUT2D eigenvalue weighted by atomic mass is 16.6. The number of carboxylic acids is 1. The van der Waals surface area contributed by atoms with Gasteiger partial charge < -0.3 is 15.2 Å². The lowest BCUT2D eigenvalue weighted by Crippen LogP contribution is -2.44. The van der Waals surface area contributed by atoms with Gasteiger partial charge in [-0.1, -0.05) is 6.07 Å². The third kappa shape index (κ3) is 5.44. The van der Waals surface area contributed by atoms with Gasteiger partial charge in [-0.3, -0.25) is 0 Å². The fraction of sp³-hybridized carbons (Fsp3) is 0.438. The number of nitrogens with zero attached hydrogens (tertiary/aromatic N) is 1. The Bertz CT molecular complexity index is 612. The number of alkyl carbamates (subject to hydrolysis) is 1. The third-order valence-electron chi connectivity index (χ3n) is 2.89. The van der Waals surface area contributed by atoms with Gasteiger partial charge in [-0.2, -0.15) is 5.26 Å². The van der Waals surface area contributed by atoms with Gasteiger partial charge in [-0.05, 0) is 51.0 Å². The second-order valence-electron chi connectivity index (χ2n) is 5.99.